The second kappa shape index (κ2) is 7.13. The molecule has 0 aliphatic heterocycles. The summed E-state index contributed by atoms with van der Waals surface area (Å²) in [6, 6.07) is 10.1. The molecule has 8 heteroatoms. The van der Waals surface area contributed by atoms with Crippen LogP contribution in [-0.4, -0.2) is 31.3 Å². The average molecular weight is 324 g/mol. The van der Waals surface area contributed by atoms with Crippen molar-refractivity contribution in [1.29, 1.82) is 0 Å². The zero-order valence-corrected chi connectivity index (χ0v) is 12.5. The van der Waals surface area contributed by atoms with Crippen LogP contribution in [0.4, 0.5) is 17.3 Å². The van der Waals surface area contributed by atoms with Crippen LogP contribution in [0.2, 0.25) is 0 Å². The van der Waals surface area contributed by atoms with E-state index in [1.54, 1.807) is 11.3 Å². The van der Waals surface area contributed by atoms with E-state index in [9.17, 15) is 22.1 Å². The molecule has 1 aromatic heterocycles. The lowest BCUT2D eigenvalue weighted by Gasteiger charge is -1.94. The zero-order chi connectivity index (χ0) is 15.3. The monoisotopic (exact) mass is 324 g/mol. The highest BCUT2D eigenvalue weighted by Crippen LogP contribution is 2.25. The number of carbonyl (C=O) groups excluding carboxylic acids is 1. The summed E-state index contributed by atoms with van der Waals surface area (Å²) in [5.41, 5.74) is 0. The fourth-order valence-corrected chi connectivity index (χ4v) is 3.22. The number of thiophene rings is 1. The van der Waals surface area contributed by atoms with E-state index in [2.05, 4.69) is 24.6 Å². The van der Waals surface area contributed by atoms with E-state index in [1.807, 2.05) is 18.2 Å². The minimum absolute atomic E-state index is 0.189. The molecule has 0 fully saturated rings. The van der Waals surface area contributed by atoms with Gasteiger partial charge in [-0.25, -0.2) is 0 Å². The second-order valence-corrected chi connectivity index (χ2v) is 7.54. The minimum Gasteiger partial charge on any atom is -0.418 e. The molecule has 0 aliphatic rings. The van der Waals surface area contributed by atoms with Gasteiger partial charge >= 0.3 is 7.25 Å². The van der Waals surface area contributed by atoms with Gasteiger partial charge in [0.25, 0.3) is 0 Å². The lowest BCUT2D eigenvalue weighted by molar-refractivity contribution is 0.102. The Morgan fingerprint density at radius 1 is 1.20 bits per heavy atom. The Bertz CT molecular complexity index is 541. The van der Waals surface area contributed by atoms with Crippen LogP contribution in [0.3, 0.4) is 0 Å². The van der Waals surface area contributed by atoms with Gasteiger partial charge in [0.1, 0.15) is 0 Å². The molecule has 0 amide bonds. The molecule has 2 rings (SSSR count). The van der Waals surface area contributed by atoms with Crippen molar-refractivity contribution in [3.8, 4) is 0 Å². The van der Waals surface area contributed by atoms with Gasteiger partial charge in [0.05, 0.1) is 17.4 Å². The Labute approximate surface area is 121 Å². The fraction of sp³-hybridized carbons (Fsp3) is 0.250. The number of fused-ring (bicyclic) bond motifs is 1. The molecule has 1 aromatic carbocycles. The first kappa shape index (κ1) is 17.0. The molecule has 0 spiro atoms. The molecule has 0 saturated heterocycles. The quantitative estimate of drug-likeness (QED) is 0.357. The van der Waals surface area contributed by atoms with Crippen molar-refractivity contribution >= 4 is 45.4 Å². The van der Waals surface area contributed by atoms with E-state index in [1.165, 1.54) is 10.1 Å². The van der Waals surface area contributed by atoms with Gasteiger partial charge in [-0.2, -0.15) is 0 Å². The number of halogens is 4. The van der Waals surface area contributed by atoms with Gasteiger partial charge in [0, 0.05) is 4.70 Å². The van der Waals surface area contributed by atoms with Crippen LogP contribution in [0.25, 0.3) is 10.1 Å². The summed E-state index contributed by atoms with van der Waals surface area (Å²) in [5, 5.41) is 1.18. The van der Waals surface area contributed by atoms with Crippen LogP contribution in [0.5, 0.6) is 0 Å². The fourth-order valence-electron chi connectivity index (χ4n) is 1.45. The molecule has 0 bridgehead atoms. The molecule has 0 atom stereocenters. The largest absolute Gasteiger partial charge is 0.673 e. The summed E-state index contributed by atoms with van der Waals surface area (Å²) in [7, 11) is -5.81. The number of ketones is 1. The molecule has 1 nitrogen and oxygen atoms in total. The molecule has 0 N–H and O–H groups in total. The number of Topliss-reactive ketones (excluding diaryl/α,β-unsaturated/α-hetero) is 1. The maximum atomic E-state index is 11.8. The number of benzene rings is 1. The van der Waals surface area contributed by atoms with Crippen molar-refractivity contribution in [2.75, 3.05) is 18.3 Å². The topological polar surface area (TPSA) is 17.1 Å². The van der Waals surface area contributed by atoms with Crippen LogP contribution >= 0.6 is 11.3 Å². The van der Waals surface area contributed by atoms with Crippen molar-refractivity contribution in [1.82, 2.24) is 0 Å². The molecule has 2 aromatic rings. The van der Waals surface area contributed by atoms with E-state index >= 15 is 0 Å². The van der Waals surface area contributed by atoms with Crippen molar-refractivity contribution in [3.63, 3.8) is 0 Å². The van der Waals surface area contributed by atoms with Gasteiger partial charge in [-0.1, -0.05) is 18.2 Å². The molecule has 1 heterocycles. The van der Waals surface area contributed by atoms with Gasteiger partial charge < -0.3 is 17.3 Å². The smallest absolute Gasteiger partial charge is 0.418 e. The van der Waals surface area contributed by atoms with E-state index < -0.39 is 7.25 Å². The van der Waals surface area contributed by atoms with Crippen LogP contribution < -0.4 is 0 Å². The normalized spacial score (nSPS) is 11.3. The molecule has 0 aliphatic carbocycles. The highest BCUT2D eigenvalue weighted by Gasteiger charge is 2.20. The van der Waals surface area contributed by atoms with Gasteiger partial charge in [-0.05, 0) is 28.4 Å². The van der Waals surface area contributed by atoms with Crippen molar-refractivity contribution in [2.24, 2.45) is 0 Å². The van der Waals surface area contributed by atoms with E-state index in [0.717, 1.165) is 4.88 Å². The van der Waals surface area contributed by atoms with Crippen molar-refractivity contribution in [2.45, 2.75) is 0 Å². The number of hydrogen-bond donors (Lipinski definition) is 0. The number of carbonyl (C=O) groups is 1. The highest BCUT2D eigenvalue weighted by atomic mass is 32.2. The maximum Gasteiger partial charge on any atom is 0.673 e. The first-order chi connectivity index (χ1) is 9.16. The Morgan fingerprint density at radius 2 is 1.75 bits per heavy atom. The maximum absolute atomic E-state index is 11.8. The Kier molecular flexibility index (Phi) is 6.07. The van der Waals surface area contributed by atoms with Crippen LogP contribution in [0.15, 0.2) is 30.3 Å². The van der Waals surface area contributed by atoms with E-state index in [-0.39, 0.29) is 16.7 Å². The third-order valence-corrected chi connectivity index (χ3v) is 4.12. The third-order valence-electron chi connectivity index (χ3n) is 2.12. The Morgan fingerprint density at radius 3 is 2.25 bits per heavy atom. The molecule has 0 radical (unpaired) electrons. The highest BCUT2D eigenvalue weighted by molar-refractivity contribution is 7.96. The predicted molar refractivity (Wildman–Crippen MR) is 80.4 cm³/mol. The first-order valence-electron chi connectivity index (χ1n) is 5.60. The van der Waals surface area contributed by atoms with Crippen LogP contribution in [0, 0.1) is 0 Å². The first-order valence-corrected chi connectivity index (χ1v) is 8.63. The SMILES string of the molecule is C[S+](C)CC(=O)c1cc2ccccc2s1.F[B-](F)(F)F. The van der Waals surface area contributed by atoms with Crippen LogP contribution in [0.1, 0.15) is 9.67 Å². The lowest BCUT2D eigenvalue weighted by atomic mass is 10.2. The summed E-state index contributed by atoms with van der Waals surface area (Å²) in [6.45, 7) is 0. The zero-order valence-electron chi connectivity index (χ0n) is 10.9. The van der Waals surface area contributed by atoms with Gasteiger partial charge in [-0.3, -0.25) is 4.79 Å². The summed E-state index contributed by atoms with van der Waals surface area (Å²) >= 11 is 1.60. The molecule has 110 valence electrons. The van der Waals surface area contributed by atoms with Gasteiger partial charge in [0.2, 0.25) is 5.78 Å². The number of hydrogen-bond acceptors (Lipinski definition) is 2. The van der Waals surface area contributed by atoms with Crippen molar-refractivity contribution in [3.05, 3.63) is 35.2 Å². The van der Waals surface area contributed by atoms with E-state index in [0.29, 0.717) is 5.75 Å². The second-order valence-electron chi connectivity index (χ2n) is 4.20. The average Bonchev–Trinajstić information content (AvgIpc) is 2.69. The summed E-state index contributed by atoms with van der Waals surface area (Å²) in [6.07, 6.45) is 4.20. The number of rotatable bonds is 3. The van der Waals surface area contributed by atoms with E-state index in [4.69, 9.17) is 0 Å². The molecule has 0 unspecified atom stereocenters. The van der Waals surface area contributed by atoms with Crippen molar-refractivity contribution < 1.29 is 22.1 Å². The predicted octanol–water partition coefficient (Wildman–Crippen LogP) is 4.26. The summed E-state index contributed by atoms with van der Waals surface area (Å²) in [4.78, 5) is 12.7. The Balaban J connectivity index is 0.000000347. The molecule has 20 heavy (non-hydrogen) atoms. The third kappa shape index (κ3) is 6.43. The minimum atomic E-state index is -6.00. The molecule has 0 saturated carbocycles. The molecular weight excluding hydrogens is 311 g/mol. The standard InChI is InChI=1S/C12H13OS2.BF4/c1-15(2)8-10(13)12-7-9-5-3-4-6-11(9)14-12;2-1(3,4)5/h3-7H,8H2,1-2H3;/q+1;-1. The Hall–Kier alpha value is -1.02. The van der Waals surface area contributed by atoms with Gasteiger partial charge in [-0.15, -0.1) is 11.3 Å². The van der Waals surface area contributed by atoms with Gasteiger partial charge in [0.15, 0.2) is 5.75 Å². The summed E-state index contributed by atoms with van der Waals surface area (Å²) in [5.74, 6) is 0.955. The summed E-state index contributed by atoms with van der Waals surface area (Å²) < 4.78 is 40.2. The molecular formula is C12H13BF4OS2. The van der Waals surface area contributed by atoms with Crippen LogP contribution in [-0.2, 0) is 10.9 Å². The lowest BCUT2D eigenvalue weighted by Crippen LogP contribution is -2.12.